The van der Waals surface area contributed by atoms with Gasteiger partial charge in [0.25, 0.3) is 0 Å². The lowest BCUT2D eigenvalue weighted by atomic mass is 9.95. The Labute approximate surface area is 175 Å². The predicted molar refractivity (Wildman–Crippen MR) is 115 cm³/mol. The number of aliphatic carboxylic acids is 1. The fourth-order valence-corrected chi connectivity index (χ4v) is 3.32. The van der Waals surface area contributed by atoms with Crippen molar-refractivity contribution in [1.29, 1.82) is 0 Å². The van der Waals surface area contributed by atoms with E-state index in [2.05, 4.69) is 11.1 Å². The van der Waals surface area contributed by atoms with Gasteiger partial charge in [0.15, 0.2) is 0 Å². The number of aromatic nitrogens is 1. The largest absolute Gasteiger partial charge is 0.480 e. The monoisotopic (exact) mass is 410 g/mol. The van der Waals surface area contributed by atoms with Gasteiger partial charge in [-0.05, 0) is 59.4 Å². The molecule has 1 aromatic heterocycles. The van der Waals surface area contributed by atoms with E-state index in [1.54, 1.807) is 25.1 Å². The zero-order valence-corrected chi connectivity index (χ0v) is 17.1. The fourth-order valence-electron chi connectivity index (χ4n) is 3.13. The van der Waals surface area contributed by atoms with E-state index in [9.17, 15) is 9.90 Å². The summed E-state index contributed by atoms with van der Waals surface area (Å²) in [5.74, 6) is -0.283. The Kier molecular flexibility index (Phi) is 6.52. The number of benzene rings is 2. The summed E-state index contributed by atoms with van der Waals surface area (Å²) in [4.78, 5) is 17.2. The molecule has 3 rings (SSSR count). The molecule has 0 radical (unpaired) electrons. The molecule has 1 atom stereocenters. The molecule has 0 aliphatic heterocycles. The Bertz CT molecular complexity index is 1010. The molecule has 0 bridgehead atoms. The smallest absolute Gasteiger partial charge is 0.326 e. The minimum atomic E-state index is -0.893. The number of likely N-dealkylation sites (N-methyl/N-ethyl adjacent to an activating group) is 1. The molecule has 6 heteroatoms. The topological polar surface area (TPSA) is 73.7 Å². The molecule has 0 spiro atoms. The fraction of sp³-hybridized carbons (Fsp3) is 0.217. The van der Waals surface area contributed by atoms with E-state index in [1.807, 2.05) is 48.5 Å². The Balaban J connectivity index is 1.83. The van der Waals surface area contributed by atoms with Gasteiger partial charge in [0, 0.05) is 18.3 Å². The summed E-state index contributed by atoms with van der Waals surface area (Å²) in [5, 5.41) is 19.5. The van der Waals surface area contributed by atoms with Crippen molar-refractivity contribution in [3.05, 3.63) is 82.5 Å². The van der Waals surface area contributed by atoms with Gasteiger partial charge in [-0.25, -0.2) is 9.78 Å². The molecule has 1 heterocycles. The van der Waals surface area contributed by atoms with Crippen LogP contribution in [0.2, 0.25) is 5.02 Å². The average Bonchev–Trinajstić information content (AvgIpc) is 2.73. The minimum Gasteiger partial charge on any atom is -0.480 e. The summed E-state index contributed by atoms with van der Waals surface area (Å²) < 4.78 is 0. The summed E-state index contributed by atoms with van der Waals surface area (Å²) in [6.45, 7) is 1.57. The molecule has 0 fully saturated rings. The number of hydrogen-bond donors (Lipinski definition) is 2. The van der Waals surface area contributed by atoms with Crippen molar-refractivity contribution >= 4 is 23.4 Å². The third-order valence-electron chi connectivity index (χ3n) is 5.00. The lowest BCUT2D eigenvalue weighted by molar-refractivity contribution is -0.138. The van der Waals surface area contributed by atoms with Crippen LogP contribution in [0.3, 0.4) is 0 Å². The average molecular weight is 411 g/mol. The Morgan fingerprint density at radius 1 is 1.14 bits per heavy atom. The molecule has 5 nitrogen and oxygen atoms in total. The van der Waals surface area contributed by atoms with Gasteiger partial charge in [-0.2, -0.15) is 0 Å². The lowest BCUT2D eigenvalue weighted by Crippen LogP contribution is -2.36. The van der Waals surface area contributed by atoms with E-state index in [4.69, 9.17) is 16.7 Å². The van der Waals surface area contributed by atoms with Gasteiger partial charge in [-0.1, -0.05) is 48.0 Å². The maximum Gasteiger partial charge on any atom is 0.326 e. The van der Waals surface area contributed by atoms with Crippen LogP contribution in [0.25, 0.3) is 11.1 Å². The van der Waals surface area contributed by atoms with Crippen LogP contribution in [0.4, 0.5) is 5.82 Å². The van der Waals surface area contributed by atoms with Crippen molar-refractivity contribution in [2.45, 2.75) is 26.0 Å². The second kappa shape index (κ2) is 9.07. The highest BCUT2D eigenvalue weighted by atomic mass is 35.5. The predicted octanol–water partition coefficient (Wildman–Crippen LogP) is 4.39. The van der Waals surface area contributed by atoms with Crippen LogP contribution < -0.4 is 4.90 Å². The number of aliphatic hydroxyl groups is 1. The molecular formula is C23H23ClN2O3. The van der Waals surface area contributed by atoms with Crippen LogP contribution in [0.1, 0.15) is 23.6 Å². The number of carbonyl (C=O) groups is 1. The van der Waals surface area contributed by atoms with E-state index >= 15 is 0 Å². The number of rotatable bonds is 7. The number of carboxylic acids is 1. The third-order valence-corrected chi connectivity index (χ3v) is 5.23. The van der Waals surface area contributed by atoms with Crippen LogP contribution in [0.5, 0.6) is 0 Å². The molecule has 1 unspecified atom stereocenters. The highest BCUT2D eigenvalue weighted by Gasteiger charge is 2.18. The number of aliphatic hydroxyl groups excluding tert-OH is 1. The first kappa shape index (κ1) is 20.8. The van der Waals surface area contributed by atoms with Crippen molar-refractivity contribution in [1.82, 2.24) is 4.98 Å². The first-order valence-electron chi connectivity index (χ1n) is 9.28. The second-order valence-corrected chi connectivity index (χ2v) is 7.42. The second-order valence-electron chi connectivity index (χ2n) is 6.99. The SMILES string of the molecule is CC(C(=O)O)N(C)c1ccc(Cc2ccc(CO)c(-c3cccc(Cl)c3)c2)cn1. The number of nitrogens with zero attached hydrogens (tertiary/aromatic N) is 2. The molecule has 2 N–H and O–H groups in total. The summed E-state index contributed by atoms with van der Waals surface area (Å²) in [6.07, 6.45) is 2.43. The molecule has 0 amide bonds. The molecule has 0 saturated heterocycles. The number of halogens is 1. The van der Waals surface area contributed by atoms with E-state index < -0.39 is 12.0 Å². The molecule has 2 aromatic carbocycles. The van der Waals surface area contributed by atoms with Gasteiger partial charge in [-0.15, -0.1) is 0 Å². The van der Waals surface area contributed by atoms with Gasteiger partial charge in [-0.3, -0.25) is 0 Å². The van der Waals surface area contributed by atoms with Crippen LogP contribution in [0.15, 0.2) is 60.8 Å². The van der Waals surface area contributed by atoms with Crippen molar-refractivity contribution in [3.8, 4) is 11.1 Å². The standard InChI is InChI=1S/C23H23ClN2O3/c1-15(23(28)29)26(2)22-9-7-17(13-25-22)10-16-6-8-19(14-27)21(11-16)18-4-3-5-20(24)12-18/h3-9,11-13,15,27H,10,14H2,1-2H3,(H,28,29). The van der Waals surface area contributed by atoms with E-state index in [0.717, 1.165) is 27.8 Å². The molecule has 3 aromatic rings. The highest BCUT2D eigenvalue weighted by Crippen LogP contribution is 2.28. The number of pyridine rings is 1. The molecule has 0 aliphatic carbocycles. The van der Waals surface area contributed by atoms with E-state index in [0.29, 0.717) is 17.3 Å². The van der Waals surface area contributed by atoms with Gasteiger partial charge in [0.2, 0.25) is 0 Å². The molecule has 0 aliphatic rings. The zero-order chi connectivity index (χ0) is 21.0. The van der Waals surface area contributed by atoms with Gasteiger partial charge >= 0.3 is 5.97 Å². The normalized spacial score (nSPS) is 11.9. The number of anilines is 1. The quantitative estimate of drug-likeness (QED) is 0.604. The first-order valence-corrected chi connectivity index (χ1v) is 9.66. The molecular weight excluding hydrogens is 388 g/mol. The Morgan fingerprint density at radius 3 is 2.52 bits per heavy atom. The van der Waals surface area contributed by atoms with Crippen LogP contribution in [-0.4, -0.2) is 34.3 Å². The summed E-state index contributed by atoms with van der Waals surface area (Å²) >= 11 is 6.13. The maximum absolute atomic E-state index is 11.1. The zero-order valence-electron chi connectivity index (χ0n) is 16.3. The maximum atomic E-state index is 11.1. The van der Waals surface area contributed by atoms with Crippen LogP contribution >= 0.6 is 11.6 Å². The Hall–Kier alpha value is -2.89. The Morgan fingerprint density at radius 2 is 1.90 bits per heavy atom. The minimum absolute atomic E-state index is 0.0491. The number of carboxylic acid groups (broad SMARTS) is 1. The summed E-state index contributed by atoms with van der Waals surface area (Å²) in [7, 11) is 1.71. The third kappa shape index (κ3) is 4.94. The van der Waals surface area contributed by atoms with E-state index in [1.165, 1.54) is 0 Å². The van der Waals surface area contributed by atoms with Crippen molar-refractivity contribution in [2.75, 3.05) is 11.9 Å². The van der Waals surface area contributed by atoms with Crippen molar-refractivity contribution in [3.63, 3.8) is 0 Å². The summed E-state index contributed by atoms with van der Waals surface area (Å²) in [6, 6.07) is 16.7. The number of hydrogen-bond acceptors (Lipinski definition) is 4. The summed E-state index contributed by atoms with van der Waals surface area (Å²) in [5.41, 5.74) is 4.85. The molecule has 0 saturated carbocycles. The molecule has 29 heavy (non-hydrogen) atoms. The van der Waals surface area contributed by atoms with Crippen LogP contribution in [-0.2, 0) is 17.8 Å². The van der Waals surface area contributed by atoms with Gasteiger partial charge in [0.05, 0.1) is 6.61 Å². The first-order chi connectivity index (χ1) is 13.9. The van der Waals surface area contributed by atoms with Crippen LogP contribution in [0, 0.1) is 0 Å². The van der Waals surface area contributed by atoms with Gasteiger partial charge < -0.3 is 15.1 Å². The van der Waals surface area contributed by atoms with Gasteiger partial charge in [0.1, 0.15) is 11.9 Å². The lowest BCUT2D eigenvalue weighted by Gasteiger charge is -2.22. The van der Waals surface area contributed by atoms with Crippen molar-refractivity contribution < 1.29 is 15.0 Å². The highest BCUT2D eigenvalue weighted by molar-refractivity contribution is 6.30. The van der Waals surface area contributed by atoms with Crippen molar-refractivity contribution in [2.24, 2.45) is 0 Å². The molecule has 150 valence electrons. The van der Waals surface area contributed by atoms with E-state index in [-0.39, 0.29) is 6.61 Å².